The molecule has 2 rings (SSSR count). The summed E-state index contributed by atoms with van der Waals surface area (Å²) in [7, 11) is 2.08. The predicted octanol–water partition coefficient (Wildman–Crippen LogP) is -0.0975. The van der Waals surface area contributed by atoms with Crippen molar-refractivity contribution in [3.8, 4) is 0 Å². The highest BCUT2D eigenvalue weighted by atomic mass is 16.2. The predicted molar refractivity (Wildman–Crippen MR) is 59.7 cm³/mol. The smallest absolute Gasteiger partial charge is 0.241 e. The molecule has 1 unspecified atom stereocenters. The molecule has 4 heteroatoms. The zero-order chi connectivity index (χ0) is 10.7. The minimum atomic E-state index is 0.0295. The van der Waals surface area contributed by atoms with Gasteiger partial charge in [-0.2, -0.15) is 0 Å². The third kappa shape index (κ3) is 2.69. The van der Waals surface area contributed by atoms with Crippen LogP contribution in [0.4, 0.5) is 0 Å². The van der Waals surface area contributed by atoms with Crippen LogP contribution < -0.4 is 5.32 Å². The number of nitrogens with zero attached hydrogens (tertiary/aromatic N) is 2. The zero-order valence-electron chi connectivity index (χ0n) is 9.54. The molecule has 86 valence electrons. The summed E-state index contributed by atoms with van der Waals surface area (Å²) in [6.07, 6.45) is 3.63. The van der Waals surface area contributed by atoms with Crippen LogP contribution in [0.1, 0.15) is 19.3 Å². The fourth-order valence-electron chi connectivity index (χ4n) is 2.40. The molecule has 2 fully saturated rings. The summed E-state index contributed by atoms with van der Waals surface area (Å²) < 4.78 is 0. The van der Waals surface area contributed by atoms with Crippen LogP contribution in [0.2, 0.25) is 0 Å². The van der Waals surface area contributed by atoms with E-state index in [9.17, 15) is 4.79 Å². The number of carbonyl (C=O) groups excluding carboxylic acids is 1. The van der Waals surface area contributed by atoms with Crippen molar-refractivity contribution in [2.75, 3.05) is 39.8 Å². The summed E-state index contributed by atoms with van der Waals surface area (Å²) in [6, 6.07) is 0.0295. The topological polar surface area (TPSA) is 35.6 Å². The molecule has 15 heavy (non-hydrogen) atoms. The van der Waals surface area contributed by atoms with Gasteiger partial charge in [-0.1, -0.05) is 0 Å². The third-order valence-electron chi connectivity index (χ3n) is 3.34. The monoisotopic (exact) mass is 211 g/mol. The maximum atomic E-state index is 12.1. The Balaban J connectivity index is 1.88. The Morgan fingerprint density at radius 3 is 2.60 bits per heavy atom. The van der Waals surface area contributed by atoms with E-state index in [1.165, 1.54) is 19.3 Å². The zero-order valence-corrected chi connectivity index (χ0v) is 9.54. The molecule has 0 spiro atoms. The lowest BCUT2D eigenvalue weighted by molar-refractivity contribution is -0.135. The molecule has 2 saturated heterocycles. The molecule has 0 aromatic carbocycles. The molecule has 1 amide bonds. The fourth-order valence-corrected chi connectivity index (χ4v) is 2.40. The first-order valence-corrected chi connectivity index (χ1v) is 5.98. The van der Waals surface area contributed by atoms with E-state index in [0.29, 0.717) is 5.91 Å². The molecular formula is C11H21N3O. The number of amides is 1. The summed E-state index contributed by atoms with van der Waals surface area (Å²) in [5.41, 5.74) is 0. The lowest BCUT2D eigenvalue weighted by Gasteiger charge is -2.35. The molecule has 0 aromatic heterocycles. The van der Waals surface area contributed by atoms with Crippen molar-refractivity contribution in [1.29, 1.82) is 0 Å². The maximum absolute atomic E-state index is 12.1. The standard InChI is InChI=1S/C11H21N3O/c1-13-8-5-12-10(9-13)11(15)14-6-3-2-4-7-14/h10,12H,2-9H2,1H3. The lowest BCUT2D eigenvalue weighted by Crippen LogP contribution is -2.57. The Morgan fingerprint density at radius 1 is 1.20 bits per heavy atom. The van der Waals surface area contributed by atoms with Crippen molar-refractivity contribution < 1.29 is 4.79 Å². The number of piperidine rings is 1. The SMILES string of the molecule is CN1CCNC(C(=O)N2CCCCC2)C1. The fraction of sp³-hybridized carbons (Fsp3) is 0.909. The molecule has 2 aliphatic rings. The van der Waals surface area contributed by atoms with Crippen LogP contribution in [-0.4, -0.2) is 61.5 Å². The Kier molecular flexibility index (Phi) is 3.59. The molecule has 0 bridgehead atoms. The highest BCUT2D eigenvalue weighted by molar-refractivity contribution is 5.82. The number of piperazine rings is 1. The summed E-state index contributed by atoms with van der Waals surface area (Å²) in [5.74, 6) is 0.307. The average Bonchev–Trinajstić information content (AvgIpc) is 2.29. The van der Waals surface area contributed by atoms with Crippen LogP contribution in [0, 0.1) is 0 Å². The summed E-state index contributed by atoms with van der Waals surface area (Å²) in [6.45, 7) is 4.75. The van der Waals surface area contributed by atoms with Crippen molar-refractivity contribution in [3.63, 3.8) is 0 Å². The number of hydrogen-bond donors (Lipinski definition) is 1. The van der Waals surface area contributed by atoms with E-state index in [4.69, 9.17) is 0 Å². The molecule has 0 aromatic rings. The van der Waals surface area contributed by atoms with Crippen LogP contribution in [0.5, 0.6) is 0 Å². The van der Waals surface area contributed by atoms with Gasteiger partial charge in [-0.15, -0.1) is 0 Å². The Hall–Kier alpha value is -0.610. The van der Waals surface area contributed by atoms with Gasteiger partial charge in [0.1, 0.15) is 0 Å². The van der Waals surface area contributed by atoms with Gasteiger partial charge in [-0.25, -0.2) is 0 Å². The maximum Gasteiger partial charge on any atom is 0.241 e. The molecule has 4 nitrogen and oxygen atoms in total. The van der Waals surface area contributed by atoms with E-state index in [1.54, 1.807) is 0 Å². The third-order valence-corrected chi connectivity index (χ3v) is 3.34. The molecule has 0 radical (unpaired) electrons. The van der Waals surface area contributed by atoms with E-state index in [0.717, 1.165) is 32.7 Å². The van der Waals surface area contributed by atoms with Crippen LogP contribution in [-0.2, 0) is 4.79 Å². The number of hydrogen-bond acceptors (Lipinski definition) is 3. The molecule has 2 heterocycles. The molecule has 0 aliphatic carbocycles. The number of likely N-dealkylation sites (tertiary alicyclic amines) is 1. The largest absolute Gasteiger partial charge is 0.341 e. The normalized spacial score (nSPS) is 29.1. The second-order valence-electron chi connectivity index (χ2n) is 4.65. The van der Waals surface area contributed by atoms with Gasteiger partial charge in [0.15, 0.2) is 0 Å². The van der Waals surface area contributed by atoms with Crippen LogP contribution in [0.25, 0.3) is 0 Å². The van der Waals surface area contributed by atoms with Gasteiger partial charge >= 0.3 is 0 Å². The van der Waals surface area contributed by atoms with Crippen LogP contribution in [0.15, 0.2) is 0 Å². The van der Waals surface area contributed by atoms with E-state index in [1.807, 2.05) is 4.90 Å². The van der Waals surface area contributed by atoms with E-state index < -0.39 is 0 Å². The van der Waals surface area contributed by atoms with E-state index >= 15 is 0 Å². The van der Waals surface area contributed by atoms with Gasteiger partial charge in [0.25, 0.3) is 0 Å². The Labute approximate surface area is 91.6 Å². The minimum Gasteiger partial charge on any atom is -0.341 e. The summed E-state index contributed by atoms with van der Waals surface area (Å²) in [4.78, 5) is 16.4. The number of nitrogens with one attached hydrogen (secondary N) is 1. The van der Waals surface area contributed by atoms with Crippen LogP contribution >= 0.6 is 0 Å². The van der Waals surface area contributed by atoms with Gasteiger partial charge in [0.2, 0.25) is 5.91 Å². The second kappa shape index (κ2) is 4.94. The van der Waals surface area contributed by atoms with Gasteiger partial charge in [0.05, 0.1) is 6.04 Å². The van der Waals surface area contributed by atoms with Crippen molar-refractivity contribution in [1.82, 2.24) is 15.1 Å². The Bertz CT molecular complexity index is 226. The lowest BCUT2D eigenvalue weighted by atomic mass is 10.1. The highest BCUT2D eigenvalue weighted by Crippen LogP contribution is 2.11. The van der Waals surface area contributed by atoms with Crippen molar-refractivity contribution >= 4 is 5.91 Å². The number of likely N-dealkylation sites (N-methyl/N-ethyl adjacent to an activating group) is 1. The van der Waals surface area contributed by atoms with Gasteiger partial charge in [0, 0.05) is 32.7 Å². The Morgan fingerprint density at radius 2 is 1.93 bits per heavy atom. The van der Waals surface area contributed by atoms with E-state index in [2.05, 4.69) is 17.3 Å². The first kappa shape index (κ1) is 10.9. The molecule has 1 atom stereocenters. The molecule has 1 N–H and O–H groups in total. The number of rotatable bonds is 1. The quantitative estimate of drug-likeness (QED) is 0.658. The van der Waals surface area contributed by atoms with Crippen molar-refractivity contribution in [2.24, 2.45) is 0 Å². The van der Waals surface area contributed by atoms with Crippen LogP contribution in [0.3, 0.4) is 0 Å². The molecular weight excluding hydrogens is 190 g/mol. The van der Waals surface area contributed by atoms with Gasteiger partial charge < -0.3 is 15.1 Å². The minimum absolute atomic E-state index is 0.0295. The van der Waals surface area contributed by atoms with Crippen molar-refractivity contribution in [2.45, 2.75) is 25.3 Å². The van der Waals surface area contributed by atoms with E-state index in [-0.39, 0.29) is 6.04 Å². The number of carbonyl (C=O) groups is 1. The first-order chi connectivity index (χ1) is 7.27. The van der Waals surface area contributed by atoms with Crippen molar-refractivity contribution in [3.05, 3.63) is 0 Å². The molecule has 0 saturated carbocycles. The highest BCUT2D eigenvalue weighted by Gasteiger charge is 2.28. The van der Waals surface area contributed by atoms with Gasteiger partial charge in [-0.3, -0.25) is 4.79 Å². The van der Waals surface area contributed by atoms with Gasteiger partial charge in [-0.05, 0) is 26.3 Å². The summed E-state index contributed by atoms with van der Waals surface area (Å²) >= 11 is 0. The summed E-state index contributed by atoms with van der Waals surface area (Å²) in [5, 5.41) is 3.31. The average molecular weight is 211 g/mol. The first-order valence-electron chi connectivity index (χ1n) is 5.98. The second-order valence-corrected chi connectivity index (χ2v) is 4.65. The molecule has 2 aliphatic heterocycles.